The Bertz CT molecular complexity index is 530. The number of benzene rings is 1. The lowest BCUT2D eigenvalue weighted by Crippen LogP contribution is -1.99. The molecule has 0 spiro atoms. The summed E-state index contributed by atoms with van der Waals surface area (Å²) in [6.45, 7) is 6.89. The van der Waals surface area contributed by atoms with Gasteiger partial charge >= 0.3 is 0 Å². The predicted octanol–water partition coefficient (Wildman–Crippen LogP) is 2.47. The van der Waals surface area contributed by atoms with Crippen molar-refractivity contribution in [3.05, 3.63) is 40.6 Å². The number of nitrogens with zero attached hydrogens (tertiary/aromatic N) is 2. The van der Waals surface area contributed by atoms with E-state index in [2.05, 4.69) is 44.1 Å². The van der Waals surface area contributed by atoms with Crippen LogP contribution < -0.4 is 5.73 Å². The van der Waals surface area contributed by atoms with Crippen LogP contribution >= 0.6 is 0 Å². The van der Waals surface area contributed by atoms with Crippen LogP contribution in [0.1, 0.15) is 22.4 Å². The molecule has 0 bridgehead atoms. The molecule has 3 heteroatoms. The molecular weight excluding hydrogens is 210 g/mol. The summed E-state index contributed by atoms with van der Waals surface area (Å²) in [6.07, 6.45) is 0. The second-order valence-corrected chi connectivity index (χ2v) is 4.62. The van der Waals surface area contributed by atoms with E-state index in [0.29, 0.717) is 6.54 Å². The molecule has 0 aliphatic rings. The van der Waals surface area contributed by atoms with E-state index in [-0.39, 0.29) is 0 Å². The van der Waals surface area contributed by atoms with Gasteiger partial charge in [-0.2, -0.15) is 5.10 Å². The van der Waals surface area contributed by atoms with E-state index >= 15 is 0 Å². The minimum atomic E-state index is 0.484. The smallest absolute Gasteiger partial charge is 0.0766 e. The van der Waals surface area contributed by atoms with E-state index in [0.717, 1.165) is 11.4 Å². The lowest BCUT2D eigenvalue weighted by molar-refractivity contribution is 0.748. The molecule has 0 amide bonds. The Morgan fingerprint density at radius 1 is 1.12 bits per heavy atom. The average molecular weight is 229 g/mol. The number of aryl methyl sites for hydroxylation is 4. The van der Waals surface area contributed by atoms with Crippen LogP contribution in [-0.4, -0.2) is 9.78 Å². The summed E-state index contributed by atoms with van der Waals surface area (Å²) < 4.78 is 1.91. The Balaban J connectivity index is 2.63. The van der Waals surface area contributed by atoms with Crippen LogP contribution in [0.4, 0.5) is 0 Å². The molecule has 17 heavy (non-hydrogen) atoms. The normalized spacial score (nSPS) is 10.9. The third-order valence-electron chi connectivity index (χ3n) is 3.07. The third kappa shape index (κ3) is 2.11. The minimum absolute atomic E-state index is 0.484. The molecule has 0 unspecified atom stereocenters. The number of rotatable bonds is 2. The van der Waals surface area contributed by atoms with Crippen LogP contribution in [0.3, 0.4) is 0 Å². The van der Waals surface area contributed by atoms with Crippen molar-refractivity contribution in [2.24, 2.45) is 12.8 Å². The quantitative estimate of drug-likeness (QED) is 0.859. The van der Waals surface area contributed by atoms with Gasteiger partial charge in [0.15, 0.2) is 0 Å². The van der Waals surface area contributed by atoms with Crippen molar-refractivity contribution < 1.29 is 0 Å². The van der Waals surface area contributed by atoms with Crippen LogP contribution in [0.5, 0.6) is 0 Å². The van der Waals surface area contributed by atoms with Crippen LogP contribution in [0.2, 0.25) is 0 Å². The van der Waals surface area contributed by atoms with Gasteiger partial charge in [0.2, 0.25) is 0 Å². The largest absolute Gasteiger partial charge is 0.325 e. The molecule has 0 saturated heterocycles. The van der Waals surface area contributed by atoms with Crippen molar-refractivity contribution in [3.63, 3.8) is 0 Å². The summed E-state index contributed by atoms with van der Waals surface area (Å²) in [5.41, 5.74) is 12.8. The van der Waals surface area contributed by atoms with Crippen molar-refractivity contribution in [1.29, 1.82) is 0 Å². The molecule has 0 saturated carbocycles. The lowest BCUT2D eigenvalue weighted by Gasteiger charge is -2.11. The van der Waals surface area contributed by atoms with Crippen LogP contribution in [0.25, 0.3) is 11.3 Å². The maximum atomic E-state index is 5.63. The molecule has 2 aromatic rings. The molecule has 0 fully saturated rings. The second kappa shape index (κ2) is 4.34. The highest BCUT2D eigenvalue weighted by atomic mass is 15.3. The Labute approximate surface area is 102 Å². The number of hydrogen-bond donors (Lipinski definition) is 1. The minimum Gasteiger partial charge on any atom is -0.325 e. The van der Waals surface area contributed by atoms with Gasteiger partial charge in [-0.05, 0) is 38.0 Å². The zero-order chi connectivity index (χ0) is 12.6. The Morgan fingerprint density at radius 3 is 2.18 bits per heavy atom. The summed E-state index contributed by atoms with van der Waals surface area (Å²) in [5.74, 6) is 0. The van der Waals surface area contributed by atoms with Gasteiger partial charge in [0.1, 0.15) is 0 Å². The molecule has 2 rings (SSSR count). The van der Waals surface area contributed by atoms with Gasteiger partial charge in [-0.25, -0.2) is 0 Å². The maximum absolute atomic E-state index is 5.63. The SMILES string of the molecule is Cc1cc(C)c(-c2cc(CN)nn2C)c(C)c1. The van der Waals surface area contributed by atoms with Gasteiger partial charge in [0, 0.05) is 19.2 Å². The van der Waals surface area contributed by atoms with E-state index < -0.39 is 0 Å². The summed E-state index contributed by atoms with van der Waals surface area (Å²) >= 11 is 0. The highest BCUT2D eigenvalue weighted by molar-refractivity contribution is 5.68. The van der Waals surface area contributed by atoms with Gasteiger partial charge in [-0.3, -0.25) is 4.68 Å². The van der Waals surface area contributed by atoms with E-state index in [4.69, 9.17) is 5.73 Å². The van der Waals surface area contributed by atoms with Crippen LogP contribution in [-0.2, 0) is 13.6 Å². The third-order valence-corrected chi connectivity index (χ3v) is 3.07. The Hall–Kier alpha value is -1.61. The average Bonchev–Trinajstić information content (AvgIpc) is 2.59. The van der Waals surface area contributed by atoms with Gasteiger partial charge in [-0.1, -0.05) is 17.7 Å². The summed E-state index contributed by atoms with van der Waals surface area (Å²) in [6, 6.07) is 6.49. The highest BCUT2D eigenvalue weighted by Crippen LogP contribution is 2.28. The zero-order valence-electron chi connectivity index (χ0n) is 10.9. The molecule has 0 aliphatic carbocycles. The molecule has 1 aromatic carbocycles. The fourth-order valence-electron chi connectivity index (χ4n) is 2.44. The number of nitrogens with two attached hydrogens (primary N) is 1. The van der Waals surface area contributed by atoms with Gasteiger partial charge < -0.3 is 5.73 Å². The molecule has 2 N–H and O–H groups in total. The first kappa shape index (κ1) is 11.9. The fourth-order valence-corrected chi connectivity index (χ4v) is 2.44. The summed E-state index contributed by atoms with van der Waals surface area (Å²) in [5, 5.41) is 4.40. The van der Waals surface area contributed by atoms with E-state index in [1.54, 1.807) is 0 Å². The van der Waals surface area contributed by atoms with Crippen LogP contribution in [0, 0.1) is 20.8 Å². The molecule has 0 atom stereocenters. The topological polar surface area (TPSA) is 43.8 Å². The van der Waals surface area contributed by atoms with Gasteiger partial charge in [0.25, 0.3) is 0 Å². The number of aromatic nitrogens is 2. The molecule has 90 valence electrons. The van der Waals surface area contributed by atoms with Gasteiger partial charge in [-0.15, -0.1) is 0 Å². The molecule has 1 aromatic heterocycles. The Morgan fingerprint density at radius 2 is 1.71 bits per heavy atom. The first-order chi connectivity index (χ1) is 8.02. The van der Waals surface area contributed by atoms with Crippen molar-refractivity contribution in [1.82, 2.24) is 9.78 Å². The van der Waals surface area contributed by atoms with Crippen molar-refractivity contribution in [2.75, 3.05) is 0 Å². The summed E-state index contributed by atoms with van der Waals surface area (Å²) in [4.78, 5) is 0. The highest BCUT2D eigenvalue weighted by Gasteiger charge is 2.11. The zero-order valence-corrected chi connectivity index (χ0v) is 10.9. The number of hydrogen-bond acceptors (Lipinski definition) is 2. The Kier molecular flexibility index (Phi) is 3.03. The predicted molar refractivity (Wildman–Crippen MR) is 70.7 cm³/mol. The van der Waals surface area contributed by atoms with Crippen molar-refractivity contribution >= 4 is 0 Å². The lowest BCUT2D eigenvalue weighted by atomic mass is 9.97. The second-order valence-electron chi connectivity index (χ2n) is 4.62. The molecular formula is C14H19N3. The van der Waals surface area contributed by atoms with E-state index in [1.165, 1.54) is 22.3 Å². The monoisotopic (exact) mass is 229 g/mol. The first-order valence-electron chi connectivity index (χ1n) is 5.84. The molecule has 0 aliphatic heterocycles. The van der Waals surface area contributed by atoms with E-state index in [1.807, 2.05) is 11.7 Å². The van der Waals surface area contributed by atoms with E-state index in [9.17, 15) is 0 Å². The van der Waals surface area contributed by atoms with Crippen molar-refractivity contribution in [2.45, 2.75) is 27.3 Å². The first-order valence-corrected chi connectivity index (χ1v) is 5.84. The maximum Gasteiger partial charge on any atom is 0.0766 e. The standard InChI is InChI=1S/C14H19N3/c1-9-5-10(2)14(11(3)6-9)13-7-12(8-15)16-17(13)4/h5-7H,8,15H2,1-4H3. The molecule has 3 nitrogen and oxygen atoms in total. The molecule has 0 radical (unpaired) electrons. The van der Waals surface area contributed by atoms with Gasteiger partial charge in [0.05, 0.1) is 11.4 Å². The van der Waals surface area contributed by atoms with Crippen LogP contribution in [0.15, 0.2) is 18.2 Å². The summed E-state index contributed by atoms with van der Waals surface area (Å²) in [7, 11) is 1.97. The van der Waals surface area contributed by atoms with Crippen molar-refractivity contribution in [3.8, 4) is 11.3 Å². The fraction of sp³-hybridized carbons (Fsp3) is 0.357. The molecule has 1 heterocycles.